The third-order valence-electron chi connectivity index (χ3n) is 7.11. The van der Waals surface area contributed by atoms with E-state index in [0.29, 0.717) is 28.3 Å². The number of rotatable bonds is 8. The van der Waals surface area contributed by atoms with Crippen molar-refractivity contribution < 1.29 is 24.2 Å². The first-order chi connectivity index (χ1) is 18.2. The van der Waals surface area contributed by atoms with Crippen LogP contribution in [0.3, 0.4) is 0 Å². The summed E-state index contributed by atoms with van der Waals surface area (Å²) in [5.74, 6) is -0.394. The van der Waals surface area contributed by atoms with Gasteiger partial charge in [-0.2, -0.15) is 0 Å². The van der Waals surface area contributed by atoms with Gasteiger partial charge in [0.1, 0.15) is 17.3 Å². The zero-order chi connectivity index (χ0) is 27.6. The molecule has 1 aliphatic rings. The first-order valence-electron chi connectivity index (χ1n) is 12.7. The fourth-order valence-electron chi connectivity index (χ4n) is 5.05. The summed E-state index contributed by atoms with van der Waals surface area (Å²) < 4.78 is 10.8. The van der Waals surface area contributed by atoms with Gasteiger partial charge in [-0.15, -0.1) is 0 Å². The largest absolute Gasteiger partial charge is 0.507 e. The van der Waals surface area contributed by atoms with Crippen molar-refractivity contribution in [3.63, 3.8) is 0 Å². The van der Waals surface area contributed by atoms with Crippen LogP contribution in [0.1, 0.15) is 42.1 Å². The number of benzene rings is 3. The minimum atomic E-state index is -0.841. The summed E-state index contributed by atoms with van der Waals surface area (Å²) >= 11 is 0. The monoisotopic (exact) mass is 514 g/mol. The molecule has 1 N–H and O–H groups in total. The lowest BCUT2D eigenvalue weighted by atomic mass is 9.93. The number of anilines is 2. The molecule has 7 heteroatoms. The Bertz CT molecular complexity index is 1390. The van der Waals surface area contributed by atoms with Gasteiger partial charge < -0.3 is 19.5 Å². The maximum Gasteiger partial charge on any atom is 0.300 e. The maximum atomic E-state index is 13.6. The Hall–Kier alpha value is -4.26. The molecule has 1 heterocycles. The molecule has 1 unspecified atom stereocenters. The van der Waals surface area contributed by atoms with Gasteiger partial charge in [0.2, 0.25) is 0 Å². The molecule has 0 radical (unpaired) electrons. The Balaban J connectivity index is 1.92. The smallest absolute Gasteiger partial charge is 0.300 e. The second kappa shape index (κ2) is 11.0. The van der Waals surface area contributed by atoms with Crippen molar-refractivity contribution in [2.75, 3.05) is 37.1 Å². The van der Waals surface area contributed by atoms with Crippen molar-refractivity contribution in [2.24, 2.45) is 0 Å². The van der Waals surface area contributed by atoms with Gasteiger partial charge in [-0.1, -0.05) is 12.1 Å². The van der Waals surface area contributed by atoms with Crippen LogP contribution in [-0.4, -0.2) is 44.1 Å². The second-order valence-electron chi connectivity index (χ2n) is 9.27. The SMILES string of the molecule is CCN(CC)c1ccc(N2C(=O)C(=O)/C(=C(/O)c3cc(C)c(OC)cc3C)C2c2cccc(OC)c2)cc1. The molecule has 1 aliphatic heterocycles. The average molecular weight is 515 g/mol. The number of Topliss-reactive ketones (excluding diaryl/α,β-unsaturated/α-hetero) is 1. The summed E-state index contributed by atoms with van der Waals surface area (Å²) in [6, 6.07) is 17.5. The zero-order valence-electron chi connectivity index (χ0n) is 22.7. The average Bonchev–Trinajstić information content (AvgIpc) is 3.20. The number of carbonyl (C=O) groups is 2. The molecule has 0 saturated carbocycles. The van der Waals surface area contributed by atoms with Gasteiger partial charge in [0.15, 0.2) is 0 Å². The second-order valence-corrected chi connectivity index (χ2v) is 9.27. The van der Waals surface area contributed by atoms with Gasteiger partial charge in [-0.25, -0.2) is 0 Å². The normalized spacial score (nSPS) is 16.6. The number of carbonyl (C=O) groups excluding carboxylic acids is 2. The van der Waals surface area contributed by atoms with Crippen LogP contribution in [0, 0.1) is 13.8 Å². The number of ether oxygens (including phenoxy) is 2. The van der Waals surface area contributed by atoms with Gasteiger partial charge in [0.05, 0.1) is 25.8 Å². The molecule has 1 fully saturated rings. The molecular formula is C31H34N2O5. The topological polar surface area (TPSA) is 79.3 Å². The molecule has 0 spiro atoms. The van der Waals surface area contributed by atoms with Crippen LogP contribution in [-0.2, 0) is 9.59 Å². The number of methoxy groups -OCH3 is 2. The summed E-state index contributed by atoms with van der Waals surface area (Å²) in [7, 11) is 3.15. The Morgan fingerprint density at radius 2 is 1.61 bits per heavy atom. The molecule has 3 aromatic rings. The van der Waals surface area contributed by atoms with Gasteiger partial charge in [-0.3, -0.25) is 14.5 Å². The minimum Gasteiger partial charge on any atom is -0.507 e. The van der Waals surface area contributed by atoms with Gasteiger partial charge >= 0.3 is 0 Å². The molecule has 1 saturated heterocycles. The number of aliphatic hydroxyl groups excluding tert-OH is 1. The maximum absolute atomic E-state index is 13.6. The van der Waals surface area contributed by atoms with Crippen LogP contribution in [0.4, 0.5) is 11.4 Å². The predicted molar refractivity (Wildman–Crippen MR) is 150 cm³/mol. The molecule has 4 rings (SSSR count). The first kappa shape index (κ1) is 26.8. The summed E-state index contributed by atoms with van der Waals surface area (Å²) in [5, 5.41) is 11.6. The van der Waals surface area contributed by atoms with Gasteiger partial charge in [0.25, 0.3) is 11.7 Å². The lowest BCUT2D eigenvalue weighted by Crippen LogP contribution is -2.29. The Kier molecular flexibility index (Phi) is 7.76. The first-order valence-corrected chi connectivity index (χ1v) is 12.7. The zero-order valence-corrected chi connectivity index (χ0v) is 22.7. The van der Waals surface area contributed by atoms with E-state index < -0.39 is 17.7 Å². The van der Waals surface area contributed by atoms with Crippen molar-refractivity contribution in [3.8, 4) is 11.5 Å². The molecular weight excluding hydrogens is 480 g/mol. The standard InChI is InChI=1S/C31H34N2O5/c1-7-32(8-2)22-12-14-23(15-13-22)33-28(21-10-9-11-24(18-21)37-5)27(30(35)31(33)36)29(34)25-16-20(4)26(38-6)17-19(25)3/h9-18,28,34H,7-8H2,1-6H3/b29-27+. The summed E-state index contributed by atoms with van der Waals surface area (Å²) in [5.41, 5.74) is 4.29. The molecule has 0 aliphatic carbocycles. The van der Waals surface area contributed by atoms with Crippen LogP contribution in [0.2, 0.25) is 0 Å². The number of aryl methyl sites for hydroxylation is 2. The highest BCUT2D eigenvalue weighted by molar-refractivity contribution is 6.51. The van der Waals surface area contributed by atoms with E-state index in [-0.39, 0.29) is 11.3 Å². The Morgan fingerprint density at radius 3 is 2.21 bits per heavy atom. The number of amides is 1. The van der Waals surface area contributed by atoms with E-state index in [1.807, 2.05) is 50.2 Å². The third kappa shape index (κ3) is 4.72. The Morgan fingerprint density at radius 1 is 0.921 bits per heavy atom. The third-order valence-corrected chi connectivity index (χ3v) is 7.11. The lowest BCUT2D eigenvalue weighted by molar-refractivity contribution is -0.132. The fourth-order valence-corrected chi connectivity index (χ4v) is 5.05. The number of hydrogen-bond acceptors (Lipinski definition) is 6. The van der Waals surface area contributed by atoms with Crippen molar-refractivity contribution in [3.05, 3.63) is 88.5 Å². The minimum absolute atomic E-state index is 0.0312. The summed E-state index contributed by atoms with van der Waals surface area (Å²) in [4.78, 5) is 30.8. The van der Waals surface area contributed by atoms with E-state index >= 15 is 0 Å². The van der Waals surface area contributed by atoms with E-state index in [2.05, 4.69) is 18.7 Å². The van der Waals surface area contributed by atoms with E-state index in [1.165, 1.54) is 4.90 Å². The van der Waals surface area contributed by atoms with Crippen molar-refractivity contribution in [2.45, 2.75) is 33.7 Å². The van der Waals surface area contributed by atoms with Crippen LogP contribution < -0.4 is 19.3 Å². The lowest BCUT2D eigenvalue weighted by Gasteiger charge is -2.27. The van der Waals surface area contributed by atoms with Crippen molar-refractivity contribution in [1.82, 2.24) is 0 Å². The molecule has 198 valence electrons. The molecule has 38 heavy (non-hydrogen) atoms. The molecule has 0 aromatic heterocycles. The van der Waals surface area contributed by atoms with Crippen LogP contribution in [0.5, 0.6) is 11.5 Å². The summed E-state index contributed by atoms with van der Waals surface area (Å²) in [6.45, 7) is 9.57. The highest BCUT2D eigenvalue weighted by atomic mass is 16.5. The highest BCUT2D eigenvalue weighted by Crippen LogP contribution is 2.44. The predicted octanol–water partition coefficient (Wildman–Crippen LogP) is 5.79. The van der Waals surface area contributed by atoms with Gasteiger partial charge in [-0.05, 0) is 92.9 Å². The molecule has 1 amide bonds. The van der Waals surface area contributed by atoms with Crippen molar-refractivity contribution in [1.29, 1.82) is 0 Å². The van der Waals surface area contributed by atoms with Crippen LogP contribution >= 0.6 is 0 Å². The molecule has 3 aromatic carbocycles. The number of aliphatic hydroxyl groups is 1. The van der Waals surface area contributed by atoms with E-state index in [0.717, 1.165) is 29.9 Å². The van der Waals surface area contributed by atoms with Crippen LogP contribution in [0.25, 0.3) is 5.76 Å². The Labute approximate surface area is 223 Å². The summed E-state index contributed by atoms with van der Waals surface area (Å²) in [6.07, 6.45) is 0. The van der Waals surface area contributed by atoms with E-state index in [1.54, 1.807) is 38.5 Å². The molecule has 1 atom stereocenters. The number of hydrogen-bond donors (Lipinski definition) is 1. The van der Waals surface area contributed by atoms with E-state index in [4.69, 9.17) is 9.47 Å². The van der Waals surface area contributed by atoms with Crippen LogP contribution in [0.15, 0.2) is 66.2 Å². The van der Waals surface area contributed by atoms with Crippen molar-refractivity contribution >= 4 is 28.8 Å². The highest BCUT2D eigenvalue weighted by Gasteiger charge is 2.47. The fraction of sp³-hybridized carbons (Fsp3) is 0.290. The molecule has 0 bridgehead atoms. The number of nitrogens with zero attached hydrogens (tertiary/aromatic N) is 2. The van der Waals surface area contributed by atoms with E-state index in [9.17, 15) is 14.7 Å². The van der Waals surface area contributed by atoms with Gasteiger partial charge in [0, 0.05) is 30.0 Å². The number of ketones is 1. The molecule has 7 nitrogen and oxygen atoms in total. The quantitative estimate of drug-likeness (QED) is 0.233.